The number of rotatable bonds is 5. The van der Waals surface area contributed by atoms with Crippen molar-refractivity contribution >= 4 is 30.8 Å². The van der Waals surface area contributed by atoms with E-state index in [9.17, 15) is 5.11 Å². The molecule has 1 saturated heterocycles. The van der Waals surface area contributed by atoms with Crippen molar-refractivity contribution in [2.75, 3.05) is 26.2 Å². The van der Waals surface area contributed by atoms with E-state index in [2.05, 4.69) is 23.1 Å². The second kappa shape index (κ2) is 11.5. The van der Waals surface area contributed by atoms with Crippen LogP contribution in [0.2, 0.25) is 0 Å². The molecule has 8 heteroatoms. The molecule has 0 spiro atoms. The van der Waals surface area contributed by atoms with Gasteiger partial charge < -0.3 is 20.5 Å². The summed E-state index contributed by atoms with van der Waals surface area (Å²) in [7, 11) is 0. The molecule has 0 unspecified atom stereocenters. The van der Waals surface area contributed by atoms with E-state index < -0.39 is 0 Å². The number of nitrogens with zero attached hydrogens (tertiary/aromatic N) is 2. The number of guanidine groups is 1. The molecule has 0 atom stereocenters. The molecule has 31 heavy (non-hydrogen) atoms. The molecule has 2 aromatic carbocycles. The Morgan fingerprint density at radius 1 is 1.06 bits per heavy atom. The molecule has 2 heterocycles. The Bertz CT molecular complexity index is 872. The number of nitrogens with two attached hydrogens (primary N) is 1. The molecule has 0 saturated carbocycles. The van der Waals surface area contributed by atoms with Crippen LogP contribution < -0.4 is 10.5 Å². The van der Waals surface area contributed by atoms with Crippen molar-refractivity contribution in [3.8, 4) is 11.5 Å². The standard InChI is InChI=1S/C23H30N4O2.2ClH/c24-23(25)27-12-9-18-5-6-21(13-20(18)15-27)29-16-17-7-10-26(11-8-17)14-19-3-1-2-4-22(19)28;;/h1-6,13,17,28H,7-12,14-16H2,(H3,24,25);2*1H. The van der Waals surface area contributed by atoms with Crippen LogP contribution in [-0.2, 0) is 19.5 Å². The molecule has 0 aliphatic carbocycles. The van der Waals surface area contributed by atoms with Crippen LogP contribution >= 0.6 is 24.8 Å². The Balaban J connectivity index is 0.00000171. The minimum absolute atomic E-state index is 0. The van der Waals surface area contributed by atoms with Gasteiger partial charge in [0, 0.05) is 25.2 Å². The number of likely N-dealkylation sites (tertiary alicyclic amines) is 1. The second-order valence-corrected chi connectivity index (χ2v) is 8.15. The van der Waals surface area contributed by atoms with Gasteiger partial charge in [0.05, 0.1) is 6.61 Å². The summed E-state index contributed by atoms with van der Waals surface area (Å²) in [5.41, 5.74) is 9.18. The fraction of sp³-hybridized carbons (Fsp3) is 0.435. The number of piperidine rings is 1. The van der Waals surface area contributed by atoms with Gasteiger partial charge in [0.15, 0.2) is 5.96 Å². The molecule has 6 nitrogen and oxygen atoms in total. The molecule has 4 N–H and O–H groups in total. The van der Waals surface area contributed by atoms with Gasteiger partial charge in [-0.15, -0.1) is 24.8 Å². The molecule has 2 aromatic rings. The number of fused-ring (bicyclic) bond motifs is 1. The summed E-state index contributed by atoms with van der Waals surface area (Å²) in [6, 6.07) is 13.9. The summed E-state index contributed by atoms with van der Waals surface area (Å²) in [6.07, 6.45) is 3.14. The van der Waals surface area contributed by atoms with Gasteiger partial charge in [-0.3, -0.25) is 10.3 Å². The lowest BCUT2D eigenvalue weighted by Crippen LogP contribution is -2.40. The van der Waals surface area contributed by atoms with Crippen molar-refractivity contribution < 1.29 is 9.84 Å². The third-order valence-electron chi connectivity index (χ3n) is 6.11. The Hall–Kier alpha value is -2.15. The Morgan fingerprint density at radius 3 is 2.52 bits per heavy atom. The maximum atomic E-state index is 9.97. The topological polar surface area (TPSA) is 85.8 Å². The Kier molecular flexibility index (Phi) is 9.29. The lowest BCUT2D eigenvalue weighted by Gasteiger charge is -2.32. The van der Waals surface area contributed by atoms with E-state index >= 15 is 0 Å². The average Bonchev–Trinajstić information content (AvgIpc) is 2.74. The Morgan fingerprint density at radius 2 is 1.81 bits per heavy atom. The van der Waals surface area contributed by atoms with Gasteiger partial charge in [0.25, 0.3) is 0 Å². The minimum atomic E-state index is 0. The van der Waals surface area contributed by atoms with E-state index in [4.69, 9.17) is 15.9 Å². The molecule has 0 amide bonds. The summed E-state index contributed by atoms with van der Waals surface area (Å²) < 4.78 is 6.12. The summed E-state index contributed by atoms with van der Waals surface area (Å²) in [5.74, 6) is 1.98. The van der Waals surface area contributed by atoms with Crippen LogP contribution in [0.5, 0.6) is 11.5 Å². The highest BCUT2D eigenvalue weighted by molar-refractivity contribution is 5.85. The highest BCUT2D eigenvalue weighted by Gasteiger charge is 2.21. The van der Waals surface area contributed by atoms with Crippen molar-refractivity contribution in [2.45, 2.75) is 32.4 Å². The predicted octanol–water partition coefficient (Wildman–Crippen LogP) is 3.78. The zero-order valence-electron chi connectivity index (χ0n) is 17.6. The smallest absolute Gasteiger partial charge is 0.188 e. The fourth-order valence-electron chi connectivity index (χ4n) is 4.24. The van der Waals surface area contributed by atoms with Crippen molar-refractivity contribution in [2.24, 2.45) is 11.7 Å². The first-order valence-corrected chi connectivity index (χ1v) is 10.4. The van der Waals surface area contributed by atoms with Crippen LogP contribution in [0, 0.1) is 11.3 Å². The van der Waals surface area contributed by atoms with Gasteiger partial charge >= 0.3 is 0 Å². The quantitative estimate of drug-likeness (QED) is 0.461. The first kappa shape index (κ1) is 25.1. The molecule has 4 rings (SSSR count). The zero-order chi connectivity index (χ0) is 20.2. The highest BCUT2D eigenvalue weighted by Crippen LogP contribution is 2.26. The van der Waals surface area contributed by atoms with Crippen molar-refractivity contribution in [3.05, 3.63) is 59.2 Å². The summed E-state index contributed by atoms with van der Waals surface area (Å²) >= 11 is 0. The molecule has 2 aliphatic heterocycles. The van der Waals surface area contributed by atoms with E-state index in [1.807, 2.05) is 23.1 Å². The molecule has 170 valence electrons. The SMILES string of the molecule is Cl.Cl.N=C(N)N1CCc2ccc(OCC3CCN(Cc4ccccc4O)CC3)cc2C1. The molecule has 2 aliphatic rings. The largest absolute Gasteiger partial charge is 0.508 e. The number of aromatic hydroxyl groups is 1. The van der Waals surface area contributed by atoms with Crippen LogP contribution in [0.15, 0.2) is 42.5 Å². The number of phenols is 1. The third kappa shape index (κ3) is 6.42. The third-order valence-corrected chi connectivity index (χ3v) is 6.11. The first-order chi connectivity index (χ1) is 14.1. The van der Waals surface area contributed by atoms with Crippen molar-refractivity contribution in [1.29, 1.82) is 5.41 Å². The number of halogens is 2. The number of para-hydroxylation sites is 1. The summed E-state index contributed by atoms with van der Waals surface area (Å²) in [6.45, 7) is 5.09. The van der Waals surface area contributed by atoms with E-state index in [1.165, 1.54) is 11.1 Å². The number of hydrogen-bond acceptors (Lipinski definition) is 4. The van der Waals surface area contributed by atoms with E-state index in [0.29, 0.717) is 18.2 Å². The maximum absolute atomic E-state index is 9.97. The van der Waals surface area contributed by atoms with Crippen LogP contribution in [0.4, 0.5) is 0 Å². The highest BCUT2D eigenvalue weighted by atomic mass is 35.5. The van der Waals surface area contributed by atoms with E-state index in [0.717, 1.165) is 63.4 Å². The normalized spacial score (nSPS) is 16.6. The van der Waals surface area contributed by atoms with Crippen LogP contribution in [0.1, 0.15) is 29.5 Å². The summed E-state index contributed by atoms with van der Waals surface area (Å²) in [4.78, 5) is 4.30. The van der Waals surface area contributed by atoms with Gasteiger partial charge in [-0.2, -0.15) is 0 Å². The van der Waals surface area contributed by atoms with Crippen LogP contribution in [0.25, 0.3) is 0 Å². The molecule has 0 radical (unpaired) electrons. The lowest BCUT2D eigenvalue weighted by atomic mass is 9.97. The first-order valence-electron chi connectivity index (χ1n) is 10.4. The molecule has 0 aromatic heterocycles. The summed E-state index contributed by atoms with van der Waals surface area (Å²) in [5, 5.41) is 17.6. The zero-order valence-corrected chi connectivity index (χ0v) is 19.3. The molecule has 1 fully saturated rings. The van der Waals surface area contributed by atoms with Crippen molar-refractivity contribution in [1.82, 2.24) is 9.80 Å². The minimum Gasteiger partial charge on any atom is -0.508 e. The molecular weight excluding hydrogens is 435 g/mol. The lowest BCUT2D eigenvalue weighted by molar-refractivity contribution is 0.136. The van der Waals surface area contributed by atoms with Gasteiger partial charge in [-0.05, 0) is 67.6 Å². The van der Waals surface area contributed by atoms with Gasteiger partial charge in [0.1, 0.15) is 11.5 Å². The fourth-order valence-corrected chi connectivity index (χ4v) is 4.24. The molecular formula is C23H32Cl2N4O2. The van der Waals surface area contributed by atoms with Crippen LogP contribution in [0.3, 0.4) is 0 Å². The van der Waals surface area contributed by atoms with Gasteiger partial charge in [0.2, 0.25) is 0 Å². The number of benzene rings is 2. The maximum Gasteiger partial charge on any atom is 0.188 e. The number of hydrogen-bond donors (Lipinski definition) is 3. The Labute approximate surface area is 196 Å². The number of ether oxygens (including phenoxy) is 1. The number of phenolic OH excluding ortho intramolecular Hbond substituents is 1. The van der Waals surface area contributed by atoms with Crippen molar-refractivity contribution in [3.63, 3.8) is 0 Å². The average molecular weight is 467 g/mol. The van der Waals surface area contributed by atoms with E-state index in [1.54, 1.807) is 6.07 Å². The molecule has 0 bridgehead atoms. The number of nitrogens with one attached hydrogen (secondary N) is 1. The predicted molar refractivity (Wildman–Crippen MR) is 129 cm³/mol. The monoisotopic (exact) mass is 466 g/mol. The second-order valence-electron chi connectivity index (χ2n) is 8.15. The van der Waals surface area contributed by atoms with Gasteiger partial charge in [-0.1, -0.05) is 24.3 Å². The van der Waals surface area contributed by atoms with Crippen LogP contribution in [-0.4, -0.2) is 47.1 Å². The van der Waals surface area contributed by atoms with E-state index in [-0.39, 0.29) is 30.8 Å². The van der Waals surface area contributed by atoms with Gasteiger partial charge in [-0.25, -0.2) is 0 Å².